The van der Waals surface area contributed by atoms with Crippen LogP contribution in [0.4, 0.5) is 5.13 Å². The second-order valence-electron chi connectivity index (χ2n) is 3.22. The Hall–Kier alpha value is -1.19. The smallest absolute Gasteiger partial charge is 0.350 e. The molecule has 0 aliphatic heterocycles. The molecule has 0 spiro atoms. The van der Waals surface area contributed by atoms with Crippen molar-refractivity contribution in [3.8, 4) is 0 Å². The molecule has 1 aromatic rings. The molecule has 17 heavy (non-hydrogen) atoms. The van der Waals surface area contributed by atoms with Crippen LogP contribution >= 0.6 is 11.3 Å². The molecule has 7 nitrogen and oxygen atoms in total. The Bertz CT molecular complexity index is 509. The molecule has 0 aromatic carbocycles. The Kier molecular flexibility index (Phi) is 4.43. The number of rotatable bonds is 5. The number of sulfonamides is 1. The third kappa shape index (κ3) is 4.29. The minimum absolute atomic E-state index is 0.145. The minimum atomic E-state index is -3.50. The number of primary sulfonamides is 1. The second kappa shape index (κ2) is 5.43. The molecule has 3 N–H and O–H groups in total. The molecule has 96 valence electrons. The number of anilines is 1. The fourth-order valence-corrected chi connectivity index (χ4v) is 2.35. The minimum Gasteiger partial charge on any atom is -0.465 e. The number of nitrogens with one attached hydrogen (secondary N) is 1. The van der Waals surface area contributed by atoms with Crippen LogP contribution in [0.2, 0.25) is 0 Å². The molecule has 1 heterocycles. The lowest BCUT2D eigenvalue weighted by atomic mass is 10.4. The van der Waals surface area contributed by atoms with E-state index in [0.717, 1.165) is 11.3 Å². The molecule has 0 unspecified atom stereocenters. The summed E-state index contributed by atoms with van der Waals surface area (Å²) >= 11 is 1.11. The van der Waals surface area contributed by atoms with Gasteiger partial charge in [-0.1, -0.05) is 11.3 Å². The molecule has 0 saturated heterocycles. The summed E-state index contributed by atoms with van der Waals surface area (Å²) in [7, 11) is -2.21. The first-order valence-corrected chi connectivity index (χ1v) is 7.17. The van der Waals surface area contributed by atoms with Crippen molar-refractivity contribution in [1.82, 2.24) is 4.98 Å². The van der Waals surface area contributed by atoms with Crippen LogP contribution in [0, 0.1) is 6.92 Å². The van der Waals surface area contributed by atoms with E-state index >= 15 is 0 Å². The molecule has 0 saturated carbocycles. The first-order valence-electron chi connectivity index (χ1n) is 4.63. The summed E-state index contributed by atoms with van der Waals surface area (Å²) in [5.41, 5.74) is 0.542. The predicted molar refractivity (Wildman–Crippen MR) is 64.7 cm³/mol. The second-order valence-corrected chi connectivity index (χ2v) is 5.95. The highest BCUT2D eigenvalue weighted by Gasteiger charge is 2.15. The van der Waals surface area contributed by atoms with E-state index in [9.17, 15) is 13.2 Å². The standard InChI is InChI=1S/C8H13N3O4S2/c1-5-6(7(12)15-2)16-8(11-5)10-3-4-17(9,13)14/h3-4H2,1-2H3,(H,10,11)(H2,9,13,14). The monoisotopic (exact) mass is 279 g/mol. The number of carbonyl (C=O) groups excluding carboxylic acids is 1. The van der Waals surface area contributed by atoms with Gasteiger partial charge in [-0.2, -0.15) is 0 Å². The highest BCUT2D eigenvalue weighted by Crippen LogP contribution is 2.22. The van der Waals surface area contributed by atoms with Crippen LogP contribution in [0.25, 0.3) is 0 Å². The average Bonchev–Trinajstić information content (AvgIpc) is 2.57. The summed E-state index contributed by atoms with van der Waals surface area (Å²) in [6, 6.07) is 0. The molecule has 9 heteroatoms. The molecule has 0 aliphatic rings. The summed E-state index contributed by atoms with van der Waals surface area (Å²) < 4.78 is 26.0. The SMILES string of the molecule is COC(=O)c1sc(NCCS(N)(=O)=O)nc1C. The van der Waals surface area contributed by atoms with Crippen LogP contribution in [0.5, 0.6) is 0 Å². The predicted octanol–water partition coefficient (Wildman–Crippen LogP) is -0.0615. The number of thiazole rings is 1. The van der Waals surface area contributed by atoms with Crippen LogP contribution in [-0.4, -0.2) is 38.8 Å². The Morgan fingerprint density at radius 3 is 2.76 bits per heavy atom. The van der Waals surface area contributed by atoms with Crippen molar-refractivity contribution in [3.05, 3.63) is 10.6 Å². The summed E-state index contributed by atoms with van der Waals surface area (Å²) in [5.74, 6) is -0.654. The molecule has 1 rings (SSSR count). The van der Waals surface area contributed by atoms with Crippen molar-refractivity contribution in [2.24, 2.45) is 5.14 Å². The molecule has 0 atom stereocenters. The molecule has 0 bridgehead atoms. The van der Waals surface area contributed by atoms with Gasteiger partial charge in [0.15, 0.2) is 5.13 Å². The van der Waals surface area contributed by atoms with E-state index in [-0.39, 0.29) is 12.3 Å². The van der Waals surface area contributed by atoms with Crippen molar-refractivity contribution < 1.29 is 17.9 Å². The van der Waals surface area contributed by atoms with Crippen LogP contribution in [0.15, 0.2) is 0 Å². The Balaban J connectivity index is 2.65. The number of carbonyl (C=O) groups is 1. The fraction of sp³-hybridized carbons (Fsp3) is 0.500. The van der Waals surface area contributed by atoms with E-state index in [2.05, 4.69) is 15.0 Å². The first-order chi connectivity index (χ1) is 7.83. The van der Waals surface area contributed by atoms with E-state index in [1.807, 2.05) is 0 Å². The third-order valence-corrected chi connectivity index (χ3v) is 3.70. The van der Waals surface area contributed by atoms with E-state index in [1.54, 1.807) is 6.92 Å². The van der Waals surface area contributed by atoms with Gasteiger partial charge in [-0.05, 0) is 6.92 Å². The number of aryl methyl sites for hydroxylation is 1. The van der Waals surface area contributed by atoms with Gasteiger partial charge >= 0.3 is 5.97 Å². The number of nitrogens with zero attached hydrogens (tertiary/aromatic N) is 1. The van der Waals surface area contributed by atoms with E-state index < -0.39 is 16.0 Å². The maximum absolute atomic E-state index is 11.3. The molecule has 0 amide bonds. The zero-order valence-electron chi connectivity index (χ0n) is 9.39. The zero-order chi connectivity index (χ0) is 13.1. The van der Waals surface area contributed by atoms with Gasteiger partial charge in [0, 0.05) is 6.54 Å². The van der Waals surface area contributed by atoms with E-state index in [4.69, 9.17) is 5.14 Å². The first kappa shape index (κ1) is 13.9. The van der Waals surface area contributed by atoms with Gasteiger partial charge in [0.05, 0.1) is 18.6 Å². The number of esters is 1. The van der Waals surface area contributed by atoms with Gasteiger partial charge in [0.1, 0.15) is 4.88 Å². The molecule has 0 radical (unpaired) electrons. The Morgan fingerprint density at radius 1 is 1.59 bits per heavy atom. The number of methoxy groups -OCH3 is 1. The zero-order valence-corrected chi connectivity index (χ0v) is 11.0. The van der Waals surface area contributed by atoms with Gasteiger partial charge in [0.2, 0.25) is 10.0 Å². The quantitative estimate of drug-likeness (QED) is 0.730. The van der Waals surface area contributed by atoms with Gasteiger partial charge < -0.3 is 10.1 Å². The van der Waals surface area contributed by atoms with Crippen molar-refractivity contribution in [3.63, 3.8) is 0 Å². The van der Waals surface area contributed by atoms with Crippen LogP contribution in [0.1, 0.15) is 15.4 Å². The van der Waals surface area contributed by atoms with Gasteiger partial charge in [0.25, 0.3) is 0 Å². The van der Waals surface area contributed by atoms with Crippen molar-refractivity contribution >= 4 is 32.5 Å². The van der Waals surface area contributed by atoms with Crippen LogP contribution in [-0.2, 0) is 14.8 Å². The largest absolute Gasteiger partial charge is 0.465 e. The highest BCUT2D eigenvalue weighted by molar-refractivity contribution is 7.89. The summed E-state index contributed by atoms with van der Waals surface area (Å²) in [6.07, 6.45) is 0. The fourth-order valence-electron chi connectivity index (χ4n) is 1.05. The number of nitrogens with two attached hydrogens (primary N) is 1. The number of hydrogen-bond donors (Lipinski definition) is 2. The lowest BCUT2D eigenvalue weighted by molar-refractivity contribution is 0.0605. The average molecular weight is 279 g/mol. The van der Waals surface area contributed by atoms with Crippen LogP contribution in [0.3, 0.4) is 0 Å². The third-order valence-electron chi connectivity index (χ3n) is 1.83. The summed E-state index contributed by atoms with van der Waals surface area (Å²) in [4.78, 5) is 15.7. The highest BCUT2D eigenvalue weighted by atomic mass is 32.2. The number of hydrogen-bond acceptors (Lipinski definition) is 7. The molecule has 0 fully saturated rings. The maximum atomic E-state index is 11.3. The maximum Gasteiger partial charge on any atom is 0.350 e. The van der Waals surface area contributed by atoms with E-state index in [1.165, 1.54) is 7.11 Å². The Morgan fingerprint density at radius 2 is 2.24 bits per heavy atom. The van der Waals surface area contributed by atoms with E-state index in [0.29, 0.717) is 15.7 Å². The lowest BCUT2D eigenvalue weighted by Gasteiger charge is -1.99. The van der Waals surface area contributed by atoms with Gasteiger partial charge in [-0.15, -0.1) is 0 Å². The van der Waals surface area contributed by atoms with Gasteiger partial charge in [-0.25, -0.2) is 23.3 Å². The molecular formula is C8H13N3O4S2. The number of aromatic nitrogens is 1. The van der Waals surface area contributed by atoms with Crippen molar-refractivity contribution in [2.45, 2.75) is 6.92 Å². The molecule has 0 aliphatic carbocycles. The normalized spacial score (nSPS) is 11.2. The topological polar surface area (TPSA) is 111 Å². The molecule has 1 aromatic heterocycles. The lowest BCUT2D eigenvalue weighted by Crippen LogP contribution is -2.22. The summed E-state index contributed by atoms with van der Waals surface area (Å²) in [5, 5.41) is 8.09. The van der Waals surface area contributed by atoms with Gasteiger partial charge in [-0.3, -0.25) is 0 Å². The Labute approximate surface area is 103 Å². The van der Waals surface area contributed by atoms with Crippen LogP contribution < -0.4 is 10.5 Å². The summed E-state index contributed by atoms with van der Waals surface area (Å²) in [6.45, 7) is 1.82. The number of ether oxygens (including phenoxy) is 1. The van der Waals surface area contributed by atoms with Crippen molar-refractivity contribution in [2.75, 3.05) is 24.7 Å². The van der Waals surface area contributed by atoms with Crippen molar-refractivity contribution in [1.29, 1.82) is 0 Å². The molecular weight excluding hydrogens is 266 g/mol.